The zero-order chi connectivity index (χ0) is 20.0. The van der Waals surface area contributed by atoms with Gasteiger partial charge in [-0.2, -0.15) is 10.4 Å². The Morgan fingerprint density at radius 1 is 1.39 bits per heavy atom. The minimum Gasteiger partial charge on any atom is -0.357 e. The van der Waals surface area contributed by atoms with E-state index >= 15 is 0 Å². The predicted molar refractivity (Wildman–Crippen MR) is 120 cm³/mol. The van der Waals surface area contributed by atoms with Crippen LogP contribution < -0.4 is 10.6 Å². The molecule has 1 atom stereocenters. The zero-order valence-corrected chi connectivity index (χ0v) is 19.3. The third-order valence-corrected chi connectivity index (χ3v) is 4.48. The van der Waals surface area contributed by atoms with Gasteiger partial charge in [-0.3, -0.25) is 4.68 Å². The van der Waals surface area contributed by atoms with E-state index in [0.29, 0.717) is 23.6 Å². The third kappa shape index (κ3) is 6.19. The summed E-state index contributed by atoms with van der Waals surface area (Å²) in [7, 11) is 1.94. The lowest BCUT2D eigenvalue weighted by atomic mass is 10.1. The van der Waals surface area contributed by atoms with Gasteiger partial charge in [0, 0.05) is 30.9 Å². The van der Waals surface area contributed by atoms with Crippen molar-refractivity contribution < 1.29 is 4.39 Å². The number of halogens is 2. The van der Waals surface area contributed by atoms with Gasteiger partial charge in [-0.1, -0.05) is 0 Å². The Bertz CT molecular complexity index is 868. The molecule has 0 spiro atoms. The second kappa shape index (κ2) is 11.0. The Morgan fingerprint density at radius 3 is 2.68 bits per heavy atom. The van der Waals surface area contributed by atoms with Crippen LogP contribution in [0, 0.1) is 31.0 Å². The van der Waals surface area contributed by atoms with Crippen molar-refractivity contribution in [1.29, 1.82) is 5.26 Å². The van der Waals surface area contributed by atoms with Crippen molar-refractivity contribution in [2.45, 2.75) is 46.7 Å². The second-order valence-electron chi connectivity index (χ2n) is 6.64. The highest BCUT2D eigenvalue weighted by atomic mass is 127. The van der Waals surface area contributed by atoms with Gasteiger partial charge in [0.1, 0.15) is 5.82 Å². The summed E-state index contributed by atoms with van der Waals surface area (Å²) >= 11 is 0. The molecule has 0 fully saturated rings. The van der Waals surface area contributed by atoms with E-state index in [2.05, 4.69) is 34.6 Å². The van der Waals surface area contributed by atoms with Gasteiger partial charge in [-0.15, -0.1) is 24.0 Å². The average Bonchev–Trinajstić information content (AvgIpc) is 2.87. The largest absolute Gasteiger partial charge is 0.357 e. The minimum absolute atomic E-state index is 0. The van der Waals surface area contributed by atoms with Crippen molar-refractivity contribution in [3.8, 4) is 6.07 Å². The number of nitrogens with one attached hydrogen (secondary N) is 2. The summed E-state index contributed by atoms with van der Waals surface area (Å²) < 4.78 is 15.8. The molecule has 6 nitrogen and oxygen atoms in total. The maximum Gasteiger partial charge on any atom is 0.191 e. The molecule has 1 heterocycles. The molecule has 2 rings (SSSR count). The number of nitrogens with zero attached hydrogens (tertiary/aromatic N) is 4. The van der Waals surface area contributed by atoms with E-state index in [1.54, 1.807) is 0 Å². The lowest BCUT2D eigenvalue weighted by Gasteiger charge is -2.18. The molecule has 1 unspecified atom stereocenters. The fourth-order valence-corrected chi connectivity index (χ4v) is 2.95. The smallest absolute Gasteiger partial charge is 0.191 e. The van der Waals surface area contributed by atoms with Gasteiger partial charge in [0.05, 0.1) is 23.9 Å². The van der Waals surface area contributed by atoms with Crippen molar-refractivity contribution in [1.82, 2.24) is 20.4 Å². The molecule has 1 aromatic heterocycles. The van der Waals surface area contributed by atoms with Crippen molar-refractivity contribution >= 4 is 29.9 Å². The molecule has 0 aliphatic rings. The van der Waals surface area contributed by atoms with E-state index in [1.807, 2.05) is 31.6 Å². The summed E-state index contributed by atoms with van der Waals surface area (Å²) in [4.78, 5) is 4.48. The second-order valence-corrected chi connectivity index (χ2v) is 6.64. The van der Waals surface area contributed by atoms with E-state index in [0.717, 1.165) is 17.8 Å². The highest BCUT2D eigenvalue weighted by Gasteiger charge is 2.14. The Labute approximate surface area is 183 Å². The number of aliphatic imine (C=N–C) groups is 1. The van der Waals surface area contributed by atoms with Crippen LogP contribution in [0.25, 0.3) is 0 Å². The summed E-state index contributed by atoms with van der Waals surface area (Å²) in [5.41, 5.74) is 4.23. The van der Waals surface area contributed by atoms with Gasteiger partial charge >= 0.3 is 0 Å². The van der Waals surface area contributed by atoms with Crippen LogP contribution in [-0.4, -0.2) is 28.3 Å². The lowest BCUT2D eigenvalue weighted by molar-refractivity contribution is 0.607. The van der Waals surface area contributed by atoms with Gasteiger partial charge < -0.3 is 10.6 Å². The van der Waals surface area contributed by atoms with Gasteiger partial charge in [-0.25, -0.2) is 9.38 Å². The molecule has 28 heavy (non-hydrogen) atoms. The summed E-state index contributed by atoms with van der Waals surface area (Å²) in [6.07, 6.45) is 0.814. The number of guanidine groups is 1. The van der Waals surface area contributed by atoms with E-state index in [-0.39, 0.29) is 42.4 Å². The van der Waals surface area contributed by atoms with E-state index in [4.69, 9.17) is 5.26 Å². The minimum atomic E-state index is -0.358. The quantitative estimate of drug-likeness (QED) is 0.364. The number of benzene rings is 1. The molecule has 0 radical (unpaired) electrons. The van der Waals surface area contributed by atoms with Gasteiger partial charge in [0.15, 0.2) is 5.96 Å². The summed E-state index contributed by atoms with van der Waals surface area (Å²) in [6, 6.07) is 6.46. The fraction of sp³-hybridized carbons (Fsp3) is 0.450. The number of rotatable bonds is 6. The molecule has 0 bridgehead atoms. The predicted octanol–water partition coefficient (Wildman–Crippen LogP) is 3.35. The van der Waals surface area contributed by atoms with Crippen LogP contribution in [-0.2, 0) is 20.0 Å². The first-order chi connectivity index (χ1) is 12.8. The number of hydrogen-bond acceptors (Lipinski definition) is 3. The highest BCUT2D eigenvalue weighted by molar-refractivity contribution is 14.0. The first kappa shape index (κ1) is 23.9. The van der Waals surface area contributed by atoms with E-state index in [9.17, 15) is 4.39 Å². The standard InChI is InChI=1S/C20H27FN6.HI/c1-6-23-20(24-12-17-10-16(11-22)7-8-19(17)21)25-13(2)9-18-14(3)26-27(5)15(18)4;/h7-8,10,13H,6,9,12H2,1-5H3,(H2,23,24,25);1H. The van der Waals surface area contributed by atoms with E-state index < -0.39 is 0 Å². The van der Waals surface area contributed by atoms with Crippen LogP contribution in [0.1, 0.15) is 41.9 Å². The molecule has 0 amide bonds. The van der Waals surface area contributed by atoms with Crippen LogP contribution in [0.4, 0.5) is 4.39 Å². The molecular weight excluding hydrogens is 470 g/mol. The van der Waals surface area contributed by atoms with Crippen molar-refractivity contribution in [3.05, 3.63) is 52.1 Å². The fourth-order valence-electron chi connectivity index (χ4n) is 2.95. The van der Waals surface area contributed by atoms with Crippen LogP contribution in [0.5, 0.6) is 0 Å². The topological polar surface area (TPSA) is 78.0 Å². The van der Waals surface area contributed by atoms with Crippen LogP contribution in [0.3, 0.4) is 0 Å². The van der Waals surface area contributed by atoms with E-state index in [1.165, 1.54) is 23.8 Å². The molecule has 0 aliphatic heterocycles. The van der Waals surface area contributed by atoms with Crippen molar-refractivity contribution in [3.63, 3.8) is 0 Å². The van der Waals surface area contributed by atoms with Crippen LogP contribution >= 0.6 is 24.0 Å². The molecule has 2 aromatic rings. The summed E-state index contributed by atoms with van der Waals surface area (Å²) in [5, 5.41) is 20.0. The SMILES string of the molecule is CCNC(=NCc1cc(C#N)ccc1F)NC(C)Cc1c(C)nn(C)c1C.I. The summed E-state index contributed by atoms with van der Waals surface area (Å²) in [5.74, 6) is 0.259. The number of hydrogen-bond donors (Lipinski definition) is 2. The third-order valence-electron chi connectivity index (χ3n) is 4.48. The summed E-state index contributed by atoms with van der Waals surface area (Å²) in [6.45, 7) is 8.99. The first-order valence-electron chi connectivity index (χ1n) is 9.08. The molecular formula is C20H28FIN6. The zero-order valence-electron chi connectivity index (χ0n) is 17.0. The molecule has 0 saturated carbocycles. The van der Waals surface area contributed by atoms with Crippen LogP contribution in [0.15, 0.2) is 23.2 Å². The monoisotopic (exact) mass is 498 g/mol. The normalized spacial score (nSPS) is 12.1. The number of aryl methyl sites for hydroxylation is 2. The number of nitriles is 1. The van der Waals surface area contributed by atoms with Crippen LogP contribution in [0.2, 0.25) is 0 Å². The first-order valence-corrected chi connectivity index (χ1v) is 9.08. The maximum absolute atomic E-state index is 14.0. The van der Waals surface area contributed by atoms with Gasteiger partial charge in [0.2, 0.25) is 0 Å². The number of aromatic nitrogens is 2. The highest BCUT2D eigenvalue weighted by Crippen LogP contribution is 2.14. The molecule has 0 aliphatic carbocycles. The Morgan fingerprint density at radius 2 is 2.11 bits per heavy atom. The Hall–Kier alpha value is -2.15. The van der Waals surface area contributed by atoms with Crippen molar-refractivity contribution in [2.24, 2.45) is 12.0 Å². The Kier molecular flexibility index (Phi) is 9.38. The Balaban J connectivity index is 0.00000392. The molecule has 8 heteroatoms. The maximum atomic E-state index is 14.0. The average molecular weight is 498 g/mol. The van der Waals surface area contributed by atoms with Gasteiger partial charge in [0.25, 0.3) is 0 Å². The van der Waals surface area contributed by atoms with Gasteiger partial charge in [-0.05, 0) is 57.9 Å². The molecule has 2 N–H and O–H groups in total. The van der Waals surface area contributed by atoms with Crippen molar-refractivity contribution in [2.75, 3.05) is 6.54 Å². The molecule has 152 valence electrons. The molecule has 0 saturated heterocycles. The molecule has 1 aromatic carbocycles. The lowest BCUT2D eigenvalue weighted by Crippen LogP contribution is -2.43.